The molecule has 1 amide bonds. The van der Waals surface area contributed by atoms with Gasteiger partial charge in [-0.3, -0.25) is 9.59 Å². The summed E-state index contributed by atoms with van der Waals surface area (Å²) < 4.78 is 5.89. The van der Waals surface area contributed by atoms with E-state index in [4.69, 9.17) is 4.74 Å². The molecule has 0 aromatic rings. The number of allylic oxidation sites excluding steroid dienone is 6. The largest absolute Gasteiger partial charge is 0.462 e. The second kappa shape index (κ2) is 48.1. The Kier molecular flexibility index (Phi) is 46.6. The molecule has 0 aliphatic heterocycles. The van der Waals surface area contributed by atoms with Gasteiger partial charge in [-0.15, -0.1) is 0 Å². The Labute approximate surface area is 373 Å². The molecule has 0 saturated heterocycles. The van der Waals surface area contributed by atoms with Gasteiger partial charge in [0.1, 0.15) is 6.10 Å². The summed E-state index contributed by atoms with van der Waals surface area (Å²) in [6, 6.07) is -0.701. The number of amides is 1. The standard InChI is InChI=1S/C54H101NO5/c1-4-7-10-13-16-18-20-22-24-26-27-29-31-33-35-38-41-44-47-54(59)60-50(45-42-39-36-15-12-9-6-3)48-53(58)55-51(49-56)52(57)46-43-40-37-34-32-30-28-25-23-21-19-17-14-11-8-5-2/h20,22,24,26-27,29,50-52,56-57H,4-19,21,23,25,28,30-49H2,1-3H3,(H,55,58)/b22-20+,26-24+,29-27+. The number of carbonyl (C=O) groups excluding carboxylic acids is 2. The lowest BCUT2D eigenvalue weighted by molar-refractivity contribution is -0.151. The van der Waals surface area contributed by atoms with Crippen LogP contribution in [-0.2, 0) is 14.3 Å². The summed E-state index contributed by atoms with van der Waals surface area (Å²) in [7, 11) is 0. The van der Waals surface area contributed by atoms with Crippen LogP contribution in [0, 0.1) is 0 Å². The number of nitrogens with one attached hydrogen (secondary N) is 1. The van der Waals surface area contributed by atoms with E-state index in [0.717, 1.165) is 70.6 Å². The van der Waals surface area contributed by atoms with E-state index in [1.54, 1.807) is 0 Å². The smallest absolute Gasteiger partial charge is 0.306 e. The van der Waals surface area contributed by atoms with E-state index in [0.29, 0.717) is 19.3 Å². The lowest BCUT2D eigenvalue weighted by Gasteiger charge is -2.24. The monoisotopic (exact) mass is 844 g/mol. The topological polar surface area (TPSA) is 95.9 Å². The zero-order valence-corrected chi connectivity index (χ0v) is 40.1. The SMILES string of the molecule is CCCCCCC/C=C/C=C/C=C/CCCCCCCC(=O)OC(CCCCCCCCC)CC(=O)NC(CO)C(O)CCCCCCCCCCCCCCCCCC. The zero-order valence-electron chi connectivity index (χ0n) is 40.1. The van der Waals surface area contributed by atoms with Gasteiger partial charge in [0.05, 0.1) is 25.2 Å². The summed E-state index contributed by atoms with van der Waals surface area (Å²) in [4.78, 5) is 26.0. The highest BCUT2D eigenvalue weighted by Crippen LogP contribution is 2.18. The van der Waals surface area contributed by atoms with Crippen LogP contribution in [-0.4, -0.2) is 46.9 Å². The van der Waals surface area contributed by atoms with Crippen molar-refractivity contribution in [2.75, 3.05) is 6.61 Å². The molecule has 0 rings (SSSR count). The molecule has 6 nitrogen and oxygen atoms in total. The molecule has 0 aliphatic rings. The minimum atomic E-state index is -0.787. The summed E-state index contributed by atoms with van der Waals surface area (Å²) in [5.74, 6) is -0.492. The van der Waals surface area contributed by atoms with E-state index in [1.807, 2.05) is 0 Å². The summed E-state index contributed by atoms with van der Waals surface area (Å²) >= 11 is 0. The maximum atomic E-state index is 13.1. The van der Waals surface area contributed by atoms with Gasteiger partial charge in [-0.25, -0.2) is 0 Å². The van der Waals surface area contributed by atoms with Crippen molar-refractivity contribution in [1.29, 1.82) is 0 Å². The number of aliphatic hydroxyl groups excluding tert-OH is 2. The molecule has 0 heterocycles. The van der Waals surface area contributed by atoms with Gasteiger partial charge in [-0.2, -0.15) is 0 Å². The number of hydrogen-bond acceptors (Lipinski definition) is 5. The molecule has 0 bridgehead atoms. The third-order valence-electron chi connectivity index (χ3n) is 12.0. The van der Waals surface area contributed by atoms with Gasteiger partial charge in [-0.1, -0.05) is 243 Å². The van der Waals surface area contributed by atoms with E-state index in [-0.39, 0.29) is 24.9 Å². The normalized spacial score (nSPS) is 13.5. The molecule has 3 atom stereocenters. The van der Waals surface area contributed by atoms with Crippen molar-refractivity contribution in [3.05, 3.63) is 36.5 Å². The van der Waals surface area contributed by atoms with Crippen molar-refractivity contribution in [2.45, 2.75) is 289 Å². The van der Waals surface area contributed by atoms with Crippen molar-refractivity contribution in [1.82, 2.24) is 5.32 Å². The number of ether oxygens (including phenoxy) is 1. The second-order valence-electron chi connectivity index (χ2n) is 18.0. The van der Waals surface area contributed by atoms with Crippen LogP contribution in [0.4, 0.5) is 0 Å². The van der Waals surface area contributed by atoms with Gasteiger partial charge in [0, 0.05) is 6.42 Å². The third kappa shape index (κ3) is 42.8. The van der Waals surface area contributed by atoms with Crippen LogP contribution in [0.2, 0.25) is 0 Å². The van der Waals surface area contributed by atoms with Crippen LogP contribution >= 0.6 is 0 Å². The Morgan fingerprint density at radius 3 is 1.27 bits per heavy atom. The molecule has 0 aromatic carbocycles. The maximum Gasteiger partial charge on any atom is 0.306 e. The first-order valence-corrected chi connectivity index (χ1v) is 26.2. The number of rotatable bonds is 47. The van der Waals surface area contributed by atoms with E-state index in [2.05, 4.69) is 62.5 Å². The van der Waals surface area contributed by atoms with Crippen molar-refractivity contribution in [2.24, 2.45) is 0 Å². The fourth-order valence-electron chi connectivity index (χ4n) is 8.02. The van der Waals surface area contributed by atoms with Crippen LogP contribution in [0.15, 0.2) is 36.5 Å². The minimum absolute atomic E-state index is 0.0714. The van der Waals surface area contributed by atoms with Gasteiger partial charge in [0.25, 0.3) is 0 Å². The molecular weight excluding hydrogens is 743 g/mol. The fourth-order valence-corrected chi connectivity index (χ4v) is 8.02. The summed E-state index contributed by atoms with van der Waals surface area (Å²) in [6.07, 6.45) is 56.5. The Morgan fingerprint density at radius 2 is 0.850 bits per heavy atom. The fraction of sp³-hybridized carbons (Fsp3) is 0.852. The van der Waals surface area contributed by atoms with Crippen molar-refractivity contribution >= 4 is 11.9 Å². The zero-order chi connectivity index (χ0) is 43.8. The molecule has 0 fully saturated rings. The number of unbranched alkanes of at least 4 members (excludes halogenated alkanes) is 31. The Hall–Kier alpha value is -1.92. The van der Waals surface area contributed by atoms with Gasteiger partial charge in [0.2, 0.25) is 5.91 Å². The number of esters is 1. The molecule has 0 radical (unpaired) electrons. The molecule has 0 spiro atoms. The summed E-state index contributed by atoms with van der Waals surface area (Å²) in [5.41, 5.74) is 0. The van der Waals surface area contributed by atoms with Crippen LogP contribution in [0.5, 0.6) is 0 Å². The second-order valence-corrected chi connectivity index (χ2v) is 18.0. The first-order chi connectivity index (χ1) is 29.5. The predicted molar refractivity (Wildman–Crippen MR) is 259 cm³/mol. The van der Waals surface area contributed by atoms with E-state index < -0.39 is 18.2 Å². The molecular formula is C54H101NO5. The quantitative estimate of drug-likeness (QED) is 0.0322. The summed E-state index contributed by atoms with van der Waals surface area (Å²) in [5, 5.41) is 23.7. The first-order valence-electron chi connectivity index (χ1n) is 26.2. The average molecular weight is 844 g/mol. The number of hydrogen-bond donors (Lipinski definition) is 3. The lowest BCUT2D eigenvalue weighted by atomic mass is 10.0. The highest BCUT2D eigenvalue weighted by molar-refractivity contribution is 5.77. The molecule has 0 aliphatic carbocycles. The van der Waals surface area contributed by atoms with Gasteiger partial charge in [-0.05, 0) is 51.4 Å². The Bertz CT molecular complexity index is 993. The van der Waals surface area contributed by atoms with Gasteiger partial charge < -0.3 is 20.3 Å². The average Bonchev–Trinajstić information content (AvgIpc) is 3.24. The highest BCUT2D eigenvalue weighted by atomic mass is 16.5. The Balaban J connectivity index is 4.36. The van der Waals surface area contributed by atoms with E-state index in [1.165, 1.54) is 154 Å². The van der Waals surface area contributed by atoms with Gasteiger partial charge in [0.15, 0.2) is 0 Å². The molecule has 352 valence electrons. The van der Waals surface area contributed by atoms with Crippen molar-refractivity contribution < 1.29 is 24.5 Å². The van der Waals surface area contributed by atoms with Crippen LogP contribution < -0.4 is 5.32 Å². The number of aliphatic hydroxyl groups is 2. The van der Waals surface area contributed by atoms with Crippen LogP contribution in [0.3, 0.4) is 0 Å². The molecule has 3 unspecified atom stereocenters. The number of carbonyl (C=O) groups is 2. The maximum absolute atomic E-state index is 13.1. The minimum Gasteiger partial charge on any atom is -0.462 e. The molecule has 60 heavy (non-hydrogen) atoms. The third-order valence-corrected chi connectivity index (χ3v) is 12.0. The molecule has 6 heteroatoms. The van der Waals surface area contributed by atoms with Crippen molar-refractivity contribution in [3.8, 4) is 0 Å². The summed E-state index contributed by atoms with van der Waals surface area (Å²) in [6.45, 7) is 6.45. The van der Waals surface area contributed by atoms with Crippen LogP contribution in [0.1, 0.15) is 271 Å². The van der Waals surface area contributed by atoms with E-state index in [9.17, 15) is 19.8 Å². The highest BCUT2D eigenvalue weighted by Gasteiger charge is 2.24. The lowest BCUT2D eigenvalue weighted by Crippen LogP contribution is -2.46. The van der Waals surface area contributed by atoms with E-state index >= 15 is 0 Å². The predicted octanol–water partition coefficient (Wildman–Crippen LogP) is 15.7. The van der Waals surface area contributed by atoms with Crippen LogP contribution in [0.25, 0.3) is 0 Å². The molecule has 0 aromatic heterocycles. The molecule has 3 N–H and O–H groups in total. The molecule has 0 saturated carbocycles. The Morgan fingerprint density at radius 1 is 0.483 bits per heavy atom. The van der Waals surface area contributed by atoms with Gasteiger partial charge >= 0.3 is 5.97 Å². The first kappa shape index (κ1) is 58.1. The van der Waals surface area contributed by atoms with Crippen molar-refractivity contribution in [3.63, 3.8) is 0 Å².